The van der Waals surface area contributed by atoms with Crippen LogP contribution < -0.4 is 11.1 Å². The Labute approximate surface area is 71.4 Å². The van der Waals surface area contributed by atoms with Gasteiger partial charge < -0.3 is 16.2 Å². The second-order valence-electron chi connectivity index (χ2n) is 2.45. The Hall–Kier alpha value is -1.29. The summed E-state index contributed by atoms with van der Waals surface area (Å²) in [6.07, 6.45) is 2.38. The van der Waals surface area contributed by atoms with Crippen LogP contribution in [0.5, 0.6) is 0 Å². The van der Waals surface area contributed by atoms with Crippen LogP contribution in [0.15, 0.2) is 18.3 Å². The van der Waals surface area contributed by atoms with E-state index in [-0.39, 0.29) is 6.61 Å². The van der Waals surface area contributed by atoms with E-state index in [9.17, 15) is 0 Å². The van der Waals surface area contributed by atoms with Gasteiger partial charge in [0.1, 0.15) is 5.82 Å². The zero-order valence-electron chi connectivity index (χ0n) is 6.83. The Morgan fingerprint density at radius 2 is 2.42 bits per heavy atom. The number of nitrogens with zero attached hydrogens (tertiary/aromatic N) is 1. The molecule has 0 bridgehead atoms. The molecule has 0 saturated carbocycles. The maximum Gasteiger partial charge on any atom is 0.149 e. The molecule has 0 spiro atoms. The molecule has 12 heavy (non-hydrogen) atoms. The Kier molecular flexibility index (Phi) is 3.35. The number of pyridine rings is 1. The molecule has 1 heterocycles. The summed E-state index contributed by atoms with van der Waals surface area (Å²) in [5.41, 5.74) is 6.25. The predicted molar refractivity (Wildman–Crippen MR) is 48.8 cm³/mol. The molecule has 1 rings (SSSR count). The number of aliphatic hydroxyl groups is 1. The first-order chi connectivity index (χ1) is 5.84. The molecule has 0 fully saturated rings. The number of aromatic nitrogens is 1. The zero-order valence-corrected chi connectivity index (χ0v) is 6.83. The maximum atomic E-state index is 8.52. The summed E-state index contributed by atoms with van der Waals surface area (Å²) in [4.78, 5) is 4.03. The van der Waals surface area contributed by atoms with E-state index in [1.54, 1.807) is 18.3 Å². The molecule has 1 aromatic rings. The summed E-state index contributed by atoms with van der Waals surface area (Å²) < 4.78 is 0. The maximum absolute atomic E-state index is 8.52. The molecule has 66 valence electrons. The second-order valence-corrected chi connectivity index (χ2v) is 2.45. The number of nitrogens with one attached hydrogen (secondary N) is 1. The highest BCUT2D eigenvalue weighted by Gasteiger charge is 1.95. The molecular formula is C8H13N3O. The summed E-state index contributed by atoms with van der Waals surface area (Å²) in [5, 5.41) is 11.5. The van der Waals surface area contributed by atoms with Crippen LogP contribution in [0.25, 0.3) is 0 Å². The topological polar surface area (TPSA) is 71.2 Å². The molecule has 0 atom stereocenters. The van der Waals surface area contributed by atoms with Gasteiger partial charge in [-0.3, -0.25) is 0 Å². The summed E-state index contributed by atoms with van der Waals surface area (Å²) in [5.74, 6) is 0.686. The summed E-state index contributed by atoms with van der Waals surface area (Å²) in [7, 11) is 0. The van der Waals surface area contributed by atoms with E-state index in [4.69, 9.17) is 10.8 Å². The Bertz CT molecular complexity index is 239. The zero-order chi connectivity index (χ0) is 8.81. The second kappa shape index (κ2) is 4.56. The van der Waals surface area contributed by atoms with Crippen LogP contribution in [-0.2, 0) is 0 Å². The average molecular weight is 167 g/mol. The number of nitrogens with two attached hydrogens (primary N) is 1. The highest BCUT2D eigenvalue weighted by Crippen LogP contribution is 2.12. The van der Waals surface area contributed by atoms with Gasteiger partial charge in [0.25, 0.3) is 0 Å². The highest BCUT2D eigenvalue weighted by atomic mass is 16.3. The van der Waals surface area contributed by atoms with Crippen molar-refractivity contribution in [3.05, 3.63) is 18.3 Å². The van der Waals surface area contributed by atoms with Crippen molar-refractivity contribution < 1.29 is 5.11 Å². The van der Waals surface area contributed by atoms with Crippen LogP contribution in [0.4, 0.5) is 11.5 Å². The third kappa shape index (κ3) is 2.39. The van der Waals surface area contributed by atoms with Gasteiger partial charge in [-0.1, -0.05) is 0 Å². The molecule has 0 aliphatic heterocycles. The molecule has 0 amide bonds. The van der Waals surface area contributed by atoms with Gasteiger partial charge in [0.05, 0.1) is 5.69 Å². The number of hydrogen-bond donors (Lipinski definition) is 3. The van der Waals surface area contributed by atoms with E-state index in [1.165, 1.54) is 0 Å². The average Bonchev–Trinajstić information content (AvgIpc) is 2.09. The van der Waals surface area contributed by atoms with E-state index in [1.807, 2.05) is 0 Å². The summed E-state index contributed by atoms with van der Waals surface area (Å²) in [6, 6.07) is 3.57. The molecular weight excluding hydrogens is 154 g/mol. The number of aliphatic hydroxyl groups excluding tert-OH is 1. The third-order valence-corrected chi connectivity index (χ3v) is 1.47. The van der Waals surface area contributed by atoms with Crippen molar-refractivity contribution in [1.29, 1.82) is 0 Å². The molecule has 0 aromatic carbocycles. The molecule has 4 heteroatoms. The fraction of sp³-hybridized carbons (Fsp3) is 0.375. The molecule has 0 aliphatic rings. The highest BCUT2D eigenvalue weighted by molar-refractivity contribution is 5.60. The molecule has 4 N–H and O–H groups in total. The first-order valence-electron chi connectivity index (χ1n) is 3.90. The van der Waals surface area contributed by atoms with E-state index >= 15 is 0 Å². The van der Waals surface area contributed by atoms with Crippen LogP contribution >= 0.6 is 0 Å². The van der Waals surface area contributed by atoms with Gasteiger partial charge in [-0.15, -0.1) is 0 Å². The molecule has 0 saturated heterocycles. The van der Waals surface area contributed by atoms with Crippen molar-refractivity contribution in [2.45, 2.75) is 6.42 Å². The van der Waals surface area contributed by atoms with E-state index in [0.717, 1.165) is 0 Å². The van der Waals surface area contributed by atoms with Crippen LogP contribution in [-0.4, -0.2) is 23.2 Å². The fourth-order valence-corrected chi connectivity index (χ4v) is 0.851. The van der Waals surface area contributed by atoms with E-state index in [2.05, 4.69) is 10.3 Å². The van der Waals surface area contributed by atoms with Gasteiger partial charge in [-0.05, 0) is 18.6 Å². The SMILES string of the molecule is Nc1cccnc1NCCCO. The van der Waals surface area contributed by atoms with Crippen molar-refractivity contribution in [1.82, 2.24) is 4.98 Å². The van der Waals surface area contributed by atoms with Crippen LogP contribution in [0.1, 0.15) is 6.42 Å². The lowest BCUT2D eigenvalue weighted by Gasteiger charge is -2.05. The Morgan fingerprint density at radius 3 is 3.08 bits per heavy atom. The van der Waals surface area contributed by atoms with E-state index < -0.39 is 0 Å². The van der Waals surface area contributed by atoms with Gasteiger partial charge in [-0.25, -0.2) is 4.98 Å². The van der Waals surface area contributed by atoms with Crippen molar-refractivity contribution >= 4 is 11.5 Å². The molecule has 0 aliphatic carbocycles. The largest absolute Gasteiger partial charge is 0.396 e. The van der Waals surface area contributed by atoms with Crippen LogP contribution in [0.3, 0.4) is 0 Å². The number of anilines is 2. The lowest BCUT2D eigenvalue weighted by molar-refractivity contribution is 0.292. The van der Waals surface area contributed by atoms with Gasteiger partial charge in [0, 0.05) is 19.3 Å². The van der Waals surface area contributed by atoms with E-state index in [0.29, 0.717) is 24.5 Å². The Balaban J connectivity index is 2.46. The number of rotatable bonds is 4. The minimum Gasteiger partial charge on any atom is -0.396 e. The van der Waals surface area contributed by atoms with Gasteiger partial charge >= 0.3 is 0 Å². The van der Waals surface area contributed by atoms with Crippen LogP contribution in [0, 0.1) is 0 Å². The quantitative estimate of drug-likeness (QED) is 0.570. The van der Waals surface area contributed by atoms with Crippen molar-refractivity contribution in [2.75, 3.05) is 24.2 Å². The predicted octanol–water partition coefficient (Wildman–Crippen LogP) is 0.458. The van der Waals surface area contributed by atoms with Gasteiger partial charge in [0.2, 0.25) is 0 Å². The summed E-state index contributed by atoms with van der Waals surface area (Å²) in [6.45, 7) is 0.872. The standard InChI is InChI=1S/C8H13N3O/c9-7-3-1-4-10-8(7)11-5-2-6-12/h1,3-4,12H,2,5-6,9H2,(H,10,11). The molecule has 4 nitrogen and oxygen atoms in total. The lowest BCUT2D eigenvalue weighted by atomic mass is 10.4. The van der Waals surface area contributed by atoms with Gasteiger partial charge in [0.15, 0.2) is 0 Å². The normalized spacial score (nSPS) is 9.75. The Morgan fingerprint density at radius 1 is 1.58 bits per heavy atom. The van der Waals surface area contributed by atoms with Crippen LogP contribution in [0.2, 0.25) is 0 Å². The first kappa shape index (κ1) is 8.80. The fourth-order valence-electron chi connectivity index (χ4n) is 0.851. The third-order valence-electron chi connectivity index (χ3n) is 1.47. The minimum absolute atomic E-state index is 0.180. The lowest BCUT2D eigenvalue weighted by Crippen LogP contribution is -2.06. The molecule has 0 radical (unpaired) electrons. The molecule has 0 unspecified atom stereocenters. The smallest absolute Gasteiger partial charge is 0.149 e. The minimum atomic E-state index is 0.180. The van der Waals surface area contributed by atoms with Crippen molar-refractivity contribution in [3.63, 3.8) is 0 Å². The van der Waals surface area contributed by atoms with Crippen molar-refractivity contribution in [3.8, 4) is 0 Å². The first-order valence-corrected chi connectivity index (χ1v) is 3.90. The number of nitrogen functional groups attached to an aromatic ring is 1. The monoisotopic (exact) mass is 167 g/mol. The summed E-state index contributed by atoms with van der Waals surface area (Å²) >= 11 is 0. The number of hydrogen-bond acceptors (Lipinski definition) is 4. The van der Waals surface area contributed by atoms with Crippen molar-refractivity contribution in [2.24, 2.45) is 0 Å². The molecule has 1 aromatic heterocycles. The van der Waals surface area contributed by atoms with Gasteiger partial charge in [-0.2, -0.15) is 0 Å².